The van der Waals surface area contributed by atoms with Crippen LogP contribution < -0.4 is 10.1 Å². The number of oxime groups is 1. The van der Waals surface area contributed by atoms with Crippen molar-refractivity contribution in [3.8, 4) is 5.75 Å². The van der Waals surface area contributed by atoms with Gasteiger partial charge in [-0.15, -0.1) is 0 Å². The van der Waals surface area contributed by atoms with Crippen LogP contribution in [-0.2, 0) is 11.0 Å². The Kier molecular flexibility index (Phi) is 4.89. The molecule has 1 atom stereocenters. The molecule has 1 N–H and O–H groups in total. The molecule has 0 saturated heterocycles. The van der Waals surface area contributed by atoms with E-state index in [0.29, 0.717) is 28.2 Å². The second-order valence-corrected chi connectivity index (χ2v) is 6.34. The van der Waals surface area contributed by atoms with Gasteiger partial charge < -0.3 is 14.9 Å². The van der Waals surface area contributed by atoms with Gasteiger partial charge in [-0.3, -0.25) is 0 Å². The molecule has 1 aliphatic rings. The lowest BCUT2D eigenvalue weighted by Crippen LogP contribution is -2.05. The van der Waals surface area contributed by atoms with Gasteiger partial charge in [0.2, 0.25) is 0 Å². The summed E-state index contributed by atoms with van der Waals surface area (Å²) in [4.78, 5) is 5.32. The first-order valence-electron chi connectivity index (χ1n) is 7.37. The molecule has 0 aliphatic carbocycles. The van der Waals surface area contributed by atoms with Crippen molar-refractivity contribution in [3.05, 3.63) is 53.6 Å². The third-order valence-electron chi connectivity index (χ3n) is 3.70. The van der Waals surface area contributed by atoms with Gasteiger partial charge in [0.25, 0.3) is 0 Å². The van der Waals surface area contributed by atoms with Gasteiger partial charge in [-0.1, -0.05) is 17.3 Å². The van der Waals surface area contributed by atoms with Crippen LogP contribution in [0.1, 0.15) is 23.7 Å². The SMILES string of the molecule is COc1ccc([C@H]2CC(Br)=NO2)cc1Nc1cccc(C(F)(F)F)c1. The van der Waals surface area contributed by atoms with E-state index in [1.807, 2.05) is 6.07 Å². The van der Waals surface area contributed by atoms with Gasteiger partial charge in [0.15, 0.2) is 6.10 Å². The number of anilines is 2. The molecule has 8 heteroatoms. The van der Waals surface area contributed by atoms with E-state index in [4.69, 9.17) is 9.57 Å². The van der Waals surface area contributed by atoms with Gasteiger partial charge in [0.05, 0.1) is 18.4 Å². The van der Waals surface area contributed by atoms with Crippen LogP contribution in [-0.4, -0.2) is 11.7 Å². The number of hydrogen-bond donors (Lipinski definition) is 1. The number of alkyl halides is 3. The summed E-state index contributed by atoms with van der Waals surface area (Å²) >= 11 is 3.28. The number of halogens is 4. The van der Waals surface area contributed by atoms with Crippen molar-refractivity contribution in [1.82, 2.24) is 0 Å². The second-order valence-electron chi connectivity index (χ2n) is 5.43. The molecule has 4 nitrogen and oxygen atoms in total. The average Bonchev–Trinajstić information content (AvgIpc) is 3.01. The van der Waals surface area contributed by atoms with Crippen LogP contribution in [0.25, 0.3) is 0 Å². The lowest BCUT2D eigenvalue weighted by atomic mass is 10.1. The van der Waals surface area contributed by atoms with Crippen LogP contribution in [0.2, 0.25) is 0 Å². The highest BCUT2D eigenvalue weighted by molar-refractivity contribution is 9.18. The smallest absolute Gasteiger partial charge is 0.416 e. The molecule has 1 heterocycles. The normalized spacial score (nSPS) is 17.0. The number of ether oxygens (including phenoxy) is 1. The van der Waals surface area contributed by atoms with E-state index in [1.54, 1.807) is 18.2 Å². The lowest BCUT2D eigenvalue weighted by Gasteiger charge is -2.16. The fraction of sp³-hybridized carbons (Fsp3) is 0.235. The van der Waals surface area contributed by atoms with E-state index in [-0.39, 0.29) is 6.10 Å². The molecule has 3 rings (SSSR count). The van der Waals surface area contributed by atoms with Crippen molar-refractivity contribution in [2.75, 3.05) is 12.4 Å². The first-order valence-corrected chi connectivity index (χ1v) is 8.16. The fourth-order valence-corrected chi connectivity index (χ4v) is 2.86. The van der Waals surface area contributed by atoms with E-state index in [9.17, 15) is 13.2 Å². The predicted molar refractivity (Wildman–Crippen MR) is 92.5 cm³/mol. The summed E-state index contributed by atoms with van der Waals surface area (Å²) in [5.41, 5.74) is 0.985. The standard InChI is InChI=1S/C17H14BrF3N2O2/c1-24-14-6-5-10(15-9-16(18)23-25-15)7-13(14)22-12-4-2-3-11(8-12)17(19,20)21/h2-8,15,22H,9H2,1H3/t15-/m1/s1. The zero-order chi connectivity index (χ0) is 18.0. The van der Waals surface area contributed by atoms with Crippen LogP contribution >= 0.6 is 15.9 Å². The Labute approximate surface area is 150 Å². The zero-order valence-electron chi connectivity index (χ0n) is 13.1. The Balaban J connectivity index is 1.88. The van der Waals surface area contributed by atoms with Crippen molar-refractivity contribution in [2.24, 2.45) is 5.16 Å². The van der Waals surface area contributed by atoms with E-state index in [0.717, 1.165) is 17.7 Å². The molecule has 0 fully saturated rings. The highest BCUT2D eigenvalue weighted by Gasteiger charge is 2.30. The molecule has 0 bridgehead atoms. The van der Waals surface area contributed by atoms with E-state index >= 15 is 0 Å². The minimum absolute atomic E-state index is 0.248. The first-order chi connectivity index (χ1) is 11.9. The maximum absolute atomic E-state index is 12.9. The number of benzene rings is 2. The molecule has 132 valence electrons. The van der Waals surface area contributed by atoms with Gasteiger partial charge >= 0.3 is 6.18 Å². The molecule has 25 heavy (non-hydrogen) atoms. The van der Waals surface area contributed by atoms with Crippen molar-refractivity contribution in [3.63, 3.8) is 0 Å². The van der Waals surface area contributed by atoms with Crippen molar-refractivity contribution >= 4 is 31.9 Å². The molecule has 0 saturated carbocycles. The molecule has 0 aromatic heterocycles. The Bertz CT molecular complexity index is 809. The van der Waals surface area contributed by atoms with Crippen LogP contribution in [0.4, 0.5) is 24.5 Å². The number of nitrogens with zero attached hydrogens (tertiary/aromatic N) is 1. The number of rotatable bonds is 4. The predicted octanol–water partition coefficient (Wildman–Crippen LogP) is 5.63. The summed E-state index contributed by atoms with van der Waals surface area (Å²) in [7, 11) is 1.50. The monoisotopic (exact) mass is 414 g/mol. The lowest BCUT2D eigenvalue weighted by molar-refractivity contribution is -0.137. The molecule has 1 aliphatic heterocycles. The van der Waals surface area contributed by atoms with Gasteiger partial charge in [-0.2, -0.15) is 13.2 Å². The molecular formula is C17H14BrF3N2O2. The molecule has 0 unspecified atom stereocenters. The molecule has 2 aromatic carbocycles. The summed E-state index contributed by atoms with van der Waals surface area (Å²) in [6, 6.07) is 10.4. The Morgan fingerprint density at radius 1 is 1.24 bits per heavy atom. The molecule has 0 spiro atoms. The highest BCUT2D eigenvalue weighted by atomic mass is 79.9. The van der Waals surface area contributed by atoms with Crippen LogP contribution in [0, 0.1) is 0 Å². The van der Waals surface area contributed by atoms with Crippen molar-refractivity contribution in [1.29, 1.82) is 0 Å². The minimum atomic E-state index is -4.40. The van der Waals surface area contributed by atoms with Crippen LogP contribution in [0.3, 0.4) is 0 Å². The van der Waals surface area contributed by atoms with Crippen LogP contribution in [0.5, 0.6) is 5.75 Å². The largest absolute Gasteiger partial charge is 0.495 e. The summed E-state index contributed by atoms with van der Waals surface area (Å²) in [5.74, 6) is 0.513. The first kappa shape index (κ1) is 17.6. The zero-order valence-corrected chi connectivity index (χ0v) is 14.7. The maximum atomic E-state index is 12.9. The maximum Gasteiger partial charge on any atom is 0.416 e. The van der Waals surface area contributed by atoms with Crippen LogP contribution in [0.15, 0.2) is 47.6 Å². The fourth-order valence-electron chi connectivity index (χ4n) is 2.48. The number of hydrogen-bond acceptors (Lipinski definition) is 4. The van der Waals surface area contributed by atoms with Gasteiger partial charge in [0, 0.05) is 12.1 Å². The Morgan fingerprint density at radius 2 is 2.04 bits per heavy atom. The number of methoxy groups -OCH3 is 1. The van der Waals surface area contributed by atoms with E-state index in [1.165, 1.54) is 13.2 Å². The molecule has 0 amide bonds. The Hall–Kier alpha value is -2.22. The summed E-state index contributed by atoms with van der Waals surface area (Å²) in [6.45, 7) is 0. The Morgan fingerprint density at radius 3 is 2.68 bits per heavy atom. The van der Waals surface area contributed by atoms with Gasteiger partial charge in [-0.05, 0) is 51.8 Å². The topological polar surface area (TPSA) is 42.9 Å². The van der Waals surface area contributed by atoms with E-state index < -0.39 is 11.7 Å². The molecular weight excluding hydrogens is 401 g/mol. The van der Waals surface area contributed by atoms with Gasteiger partial charge in [-0.25, -0.2) is 0 Å². The third kappa shape index (κ3) is 4.07. The molecule has 2 aromatic rings. The molecule has 0 radical (unpaired) electrons. The minimum Gasteiger partial charge on any atom is -0.495 e. The average molecular weight is 415 g/mol. The van der Waals surface area contributed by atoms with Crippen molar-refractivity contribution in [2.45, 2.75) is 18.7 Å². The summed E-state index contributed by atoms with van der Waals surface area (Å²) in [6.07, 6.45) is -4.05. The second kappa shape index (κ2) is 6.95. The van der Waals surface area contributed by atoms with Gasteiger partial charge in [0.1, 0.15) is 10.4 Å². The quantitative estimate of drug-likeness (QED) is 0.704. The van der Waals surface area contributed by atoms with Crippen molar-refractivity contribution < 1.29 is 22.7 Å². The summed E-state index contributed by atoms with van der Waals surface area (Å²) in [5, 5.41) is 6.83. The highest BCUT2D eigenvalue weighted by Crippen LogP contribution is 2.36. The number of nitrogens with one attached hydrogen (secondary N) is 1. The van der Waals surface area contributed by atoms with E-state index in [2.05, 4.69) is 26.4 Å². The summed E-state index contributed by atoms with van der Waals surface area (Å²) < 4.78 is 44.6. The third-order valence-corrected chi connectivity index (χ3v) is 4.17.